The summed E-state index contributed by atoms with van der Waals surface area (Å²) < 4.78 is 6.12. The van der Waals surface area contributed by atoms with Crippen molar-refractivity contribution in [3.05, 3.63) is 27.5 Å². The third kappa shape index (κ3) is 1.70. The second-order valence-corrected chi connectivity index (χ2v) is 4.22. The molecule has 18 heavy (non-hydrogen) atoms. The van der Waals surface area contributed by atoms with Crippen molar-refractivity contribution in [3.63, 3.8) is 0 Å². The van der Waals surface area contributed by atoms with Gasteiger partial charge >= 0.3 is 5.97 Å². The number of ketones is 1. The molecule has 96 valence electrons. The summed E-state index contributed by atoms with van der Waals surface area (Å²) >= 11 is 0. The summed E-state index contributed by atoms with van der Waals surface area (Å²) in [5.74, 6) is -0.427. The van der Waals surface area contributed by atoms with Gasteiger partial charge in [-0.2, -0.15) is 0 Å². The summed E-state index contributed by atoms with van der Waals surface area (Å²) in [6.07, 6.45) is 0. The predicted octanol–water partition coefficient (Wildman–Crippen LogP) is 0.287. The lowest BCUT2D eigenvalue weighted by molar-refractivity contribution is 0.0597. The van der Waals surface area contributed by atoms with Gasteiger partial charge in [0.05, 0.1) is 18.2 Å². The lowest BCUT2D eigenvalue weighted by atomic mass is 10.1. The minimum Gasteiger partial charge on any atom is -0.465 e. The van der Waals surface area contributed by atoms with E-state index in [1.807, 2.05) is 0 Å². The van der Waals surface area contributed by atoms with Gasteiger partial charge < -0.3 is 9.64 Å². The maximum atomic E-state index is 11.9. The number of rotatable bonds is 2. The Balaban J connectivity index is 2.81. The Morgan fingerprint density at radius 2 is 2.00 bits per heavy atom. The second kappa shape index (κ2) is 4.29. The van der Waals surface area contributed by atoms with E-state index in [-0.39, 0.29) is 22.5 Å². The highest BCUT2D eigenvalue weighted by atomic mass is 16.5. The van der Waals surface area contributed by atoms with Crippen LogP contribution in [0, 0.1) is 0 Å². The molecule has 6 nitrogen and oxygen atoms in total. The number of methoxy groups -OCH3 is 1. The number of hydrogen-bond donors (Lipinski definition) is 0. The summed E-state index contributed by atoms with van der Waals surface area (Å²) in [6, 6.07) is 1.17. The first-order valence-electron chi connectivity index (χ1n) is 5.55. The first kappa shape index (κ1) is 12.3. The van der Waals surface area contributed by atoms with Crippen molar-refractivity contribution in [1.29, 1.82) is 0 Å². The molecule has 1 aromatic heterocycles. The first-order valence-corrected chi connectivity index (χ1v) is 5.55. The molecule has 0 amide bonds. The molecule has 0 radical (unpaired) electrons. The lowest BCUT2D eigenvalue weighted by Gasteiger charge is -2.16. The van der Waals surface area contributed by atoms with Crippen LogP contribution in [-0.4, -0.2) is 37.0 Å². The van der Waals surface area contributed by atoms with Crippen molar-refractivity contribution >= 4 is 17.6 Å². The zero-order valence-electron chi connectivity index (χ0n) is 10.5. The molecule has 0 bridgehead atoms. The molecule has 0 atom stereocenters. The molecule has 0 spiro atoms. The van der Waals surface area contributed by atoms with E-state index in [1.165, 1.54) is 24.7 Å². The quantitative estimate of drug-likeness (QED) is 0.557. The van der Waals surface area contributed by atoms with Crippen LogP contribution in [-0.2, 0) is 11.3 Å². The number of carbonyl (C=O) groups excluding carboxylic acids is 2. The molecular weight excluding hydrogens is 236 g/mol. The van der Waals surface area contributed by atoms with Crippen LogP contribution in [0.5, 0.6) is 0 Å². The number of fused-ring (bicyclic) bond motifs is 1. The molecule has 1 aliphatic rings. The maximum absolute atomic E-state index is 11.9. The first-order chi connectivity index (χ1) is 8.47. The molecule has 0 unspecified atom stereocenters. The van der Waals surface area contributed by atoms with Crippen molar-refractivity contribution < 1.29 is 14.3 Å². The Morgan fingerprint density at radius 1 is 1.33 bits per heavy atom. The Kier molecular flexibility index (Phi) is 2.94. The van der Waals surface area contributed by atoms with E-state index >= 15 is 0 Å². The molecule has 0 N–H and O–H groups in total. The second-order valence-electron chi connectivity index (χ2n) is 4.22. The monoisotopic (exact) mass is 250 g/mol. The van der Waals surface area contributed by atoms with Gasteiger partial charge in [-0.25, -0.2) is 4.79 Å². The fourth-order valence-corrected chi connectivity index (χ4v) is 2.22. The molecule has 6 heteroatoms. The van der Waals surface area contributed by atoms with Gasteiger partial charge in [-0.05, 0) is 6.92 Å². The number of Topliss-reactive ketones (excluding diaryl/α,β-unsaturated/α-hetero) is 1. The van der Waals surface area contributed by atoms with Gasteiger partial charge in [0.15, 0.2) is 5.78 Å². The average molecular weight is 250 g/mol. The largest absolute Gasteiger partial charge is 0.465 e. The van der Waals surface area contributed by atoms with Crippen LogP contribution in [0.2, 0.25) is 0 Å². The molecule has 0 saturated carbocycles. The van der Waals surface area contributed by atoms with E-state index in [2.05, 4.69) is 4.74 Å². The number of hydrogen-bond acceptors (Lipinski definition) is 5. The fraction of sp³-hybridized carbons (Fsp3) is 0.417. The van der Waals surface area contributed by atoms with Crippen LogP contribution < -0.4 is 10.5 Å². The van der Waals surface area contributed by atoms with E-state index in [0.717, 1.165) is 0 Å². The fourth-order valence-electron chi connectivity index (χ4n) is 2.22. The van der Waals surface area contributed by atoms with Gasteiger partial charge in [0, 0.05) is 26.2 Å². The third-order valence-corrected chi connectivity index (χ3v) is 3.06. The van der Waals surface area contributed by atoms with Crippen LogP contribution in [0.4, 0.5) is 5.82 Å². The lowest BCUT2D eigenvalue weighted by Crippen LogP contribution is -2.25. The number of esters is 1. The van der Waals surface area contributed by atoms with E-state index in [0.29, 0.717) is 18.9 Å². The molecular formula is C12H14N2O4. The van der Waals surface area contributed by atoms with Gasteiger partial charge in [-0.15, -0.1) is 0 Å². The van der Waals surface area contributed by atoms with Gasteiger partial charge in [-0.1, -0.05) is 0 Å². The minimum absolute atomic E-state index is 0.0370. The predicted molar refractivity (Wildman–Crippen MR) is 65.3 cm³/mol. The number of likely N-dealkylation sites (N-methyl/N-ethyl adjacent to an activating group) is 1. The number of anilines is 1. The number of pyridine rings is 1. The van der Waals surface area contributed by atoms with Crippen LogP contribution >= 0.6 is 0 Å². The van der Waals surface area contributed by atoms with Gasteiger partial charge in [0.2, 0.25) is 0 Å². The molecule has 0 saturated heterocycles. The summed E-state index contributed by atoms with van der Waals surface area (Å²) in [6.45, 7) is 2.53. The molecule has 1 aromatic rings. The van der Waals surface area contributed by atoms with E-state index in [1.54, 1.807) is 11.9 Å². The minimum atomic E-state index is -0.666. The van der Waals surface area contributed by atoms with E-state index in [9.17, 15) is 14.4 Å². The number of carbonyl (C=O) groups is 2. The molecule has 0 fully saturated rings. The van der Waals surface area contributed by atoms with Gasteiger partial charge in [0.1, 0.15) is 5.82 Å². The van der Waals surface area contributed by atoms with Crippen molar-refractivity contribution in [2.24, 2.45) is 0 Å². The Bertz CT molecular complexity index is 588. The van der Waals surface area contributed by atoms with Crippen LogP contribution in [0.1, 0.15) is 27.6 Å². The normalized spacial score (nSPS) is 13.4. The Hall–Kier alpha value is -2.11. The van der Waals surface area contributed by atoms with E-state index < -0.39 is 5.97 Å². The zero-order valence-corrected chi connectivity index (χ0v) is 10.5. The highest BCUT2D eigenvalue weighted by molar-refractivity contribution is 6.08. The third-order valence-electron chi connectivity index (χ3n) is 3.06. The Morgan fingerprint density at radius 3 is 2.56 bits per heavy atom. The smallest absolute Gasteiger partial charge is 0.338 e. The Labute approximate surface area is 104 Å². The highest BCUT2D eigenvalue weighted by Gasteiger charge is 2.28. The van der Waals surface area contributed by atoms with Crippen molar-refractivity contribution in [1.82, 2.24) is 4.57 Å². The number of aromatic nitrogens is 1. The van der Waals surface area contributed by atoms with E-state index in [4.69, 9.17) is 0 Å². The number of ether oxygens (including phenoxy) is 1. The van der Waals surface area contributed by atoms with Crippen molar-refractivity contribution in [2.45, 2.75) is 13.5 Å². The van der Waals surface area contributed by atoms with Crippen LogP contribution in [0.25, 0.3) is 0 Å². The summed E-state index contributed by atoms with van der Waals surface area (Å²) in [5, 5.41) is 0. The molecule has 0 aliphatic carbocycles. The molecule has 0 aromatic carbocycles. The summed E-state index contributed by atoms with van der Waals surface area (Å²) in [4.78, 5) is 37.1. The standard InChI is InChI=1S/C12H14N2O4/c1-7(15)10-8(12(17)18-3)6-9(16)14-5-4-13(2)11(10)14/h6H,4-5H2,1-3H3. The van der Waals surface area contributed by atoms with Crippen molar-refractivity contribution in [3.8, 4) is 0 Å². The summed E-state index contributed by atoms with van der Waals surface area (Å²) in [7, 11) is 3.01. The van der Waals surface area contributed by atoms with Gasteiger partial charge in [-0.3, -0.25) is 14.2 Å². The topological polar surface area (TPSA) is 68.6 Å². The maximum Gasteiger partial charge on any atom is 0.338 e. The highest BCUT2D eigenvalue weighted by Crippen LogP contribution is 2.26. The molecule has 2 rings (SSSR count). The van der Waals surface area contributed by atoms with Crippen LogP contribution in [0.3, 0.4) is 0 Å². The average Bonchev–Trinajstić information content (AvgIpc) is 2.70. The SMILES string of the molecule is COC(=O)c1cc(=O)n2c(c1C(C)=O)N(C)CC2. The zero-order chi connectivity index (χ0) is 13.4. The van der Waals surface area contributed by atoms with Crippen molar-refractivity contribution in [2.75, 3.05) is 25.6 Å². The van der Waals surface area contributed by atoms with Crippen LogP contribution in [0.15, 0.2) is 10.9 Å². The van der Waals surface area contributed by atoms with Gasteiger partial charge in [0.25, 0.3) is 5.56 Å². The molecule has 2 heterocycles. The molecule has 1 aliphatic heterocycles. The summed E-state index contributed by atoms with van der Waals surface area (Å²) in [5.41, 5.74) is -0.00352. The number of nitrogens with zero attached hydrogens (tertiary/aromatic N) is 2.